The Bertz CT molecular complexity index is 687. The van der Waals surface area contributed by atoms with Crippen LogP contribution < -0.4 is 0 Å². The van der Waals surface area contributed by atoms with Gasteiger partial charge in [-0.15, -0.1) is 0 Å². The fraction of sp³-hybridized carbons (Fsp3) is 0.421. The van der Waals surface area contributed by atoms with E-state index in [1.807, 2.05) is 73.8 Å². The van der Waals surface area contributed by atoms with Crippen LogP contribution in [0.5, 0.6) is 0 Å². The molecular weight excluding hydrogens is 284 g/mol. The Morgan fingerprint density at radius 1 is 0.913 bits per heavy atom. The van der Waals surface area contributed by atoms with Gasteiger partial charge in [-0.05, 0) is 26.0 Å². The van der Waals surface area contributed by atoms with Crippen LogP contribution >= 0.6 is 0 Å². The Morgan fingerprint density at radius 2 is 1.57 bits per heavy atom. The number of hydrogen-bond acceptors (Lipinski definition) is 3. The van der Waals surface area contributed by atoms with Crippen LogP contribution in [0.3, 0.4) is 0 Å². The second-order valence-electron chi connectivity index (χ2n) is 4.04. The molecule has 3 aromatic heterocycles. The van der Waals surface area contributed by atoms with E-state index in [1.165, 1.54) is 0 Å². The number of fused-ring (bicyclic) bond motifs is 1. The first-order valence-electron chi connectivity index (χ1n) is 8.47. The van der Waals surface area contributed by atoms with Crippen LogP contribution in [0.25, 0.3) is 16.9 Å². The summed E-state index contributed by atoms with van der Waals surface area (Å²) in [5.41, 5.74) is 5.12. The van der Waals surface area contributed by atoms with Crippen molar-refractivity contribution < 1.29 is 0 Å². The molecule has 4 heteroatoms. The van der Waals surface area contributed by atoms with Gasteiger partial charge in [0, 0.05) is 29.8 Å². The lowest BCUT2D eigenvalue weighted by Gasteiger charge is -2.03. The minimum atomic E-state index is 0.870. The second kappa shape index (κ2) is 11.4. The van der Waals surface area contributed by atoms with Gasteiger partial charge in [-0.3, -0.25) is 14.4 Å². The van der Waals surface area contributed by atoms with Gasteiger partial charge in [-0.1, -0.05) is 41.5 Å². The van der Waals surface area contributed by atoms with Crippen molar-refractivity contribution in [3.63, 3.8) is 0 Å². The second-order valence-corrected chi connectivity index (χ2v) is 4.04. The van der Waals surface area contributed by atoms with Crippen LogP contribution in [0.15, 0.2) is 36.9 Å². The zero-order valence-electron chi connectivity index (χ0n) is 15.8. The molecule has 0 radical (unpaired) electrons. The maximum atomic E-state index is 4.50. The first kappa shape index (κ1) is 20.8. The molecule has 126 valence electrons. The molecule has 0 atom stereocenters. The van der Waals surface area contributed by atoms with Crippen molar-refractivity contribution in [2.75, 3.05) is 0 Å². The highest BCUT2D eigenvalue weighted by molar-refractivity contribution is 5.66. The van der Waals surface area contributed by atoms with Crippen LogP contribution in [-0.2, 0) is 0 Å². The molecule has 0 aliphatic carbocycles. The Morgan fingerprint density at radius 3 is 2.17 bits per heavy atom. The van der Waals surface area contributed by atoms with Crippen molar-refractivity contribution in [2.24, 2.45) is 0 Å². The van der Waals surface area contributed by atoms with Gasteiger partial charge in [-0.2, -0.15) is 0 Å². The maximum absolute atomic E-state index is 4.50. The van der Waals surface area contributed by atoms with E-state index >= 15 is 0 Å². The lowest BCUT2D eigenvalue weighted by molar-refractivity contribution is 1.12. The van der Waals surface area contributed by atoms with Crippen molar-refractivity contribution in [3.05, 3.63) is 48.3 Å². The minimum Gasteiger partial charge on any atom is -0.297 e. The first-order valence-corrected chi connectivity index (χ1v) is 8.47. The van der Waals surface area contributed by atoms with Gasteiger partial charge in [0.2, 0.25) is 0 Å². The van der Waals surface area contributed by atoms with Crippen LogP contribution in [0.2, 0.25) is 0 Å². The highest BCUT2D eigenvalue weighted by Gasteiger charge is 2.10. The largest absolute Gasteiger partial charge is 0.297 e. The van der Waals surface area contributed by atoms with Crippen LogP contribution in [0, 0.1) is 13.8 Å². The quantitative estimate of drug-likeness (QED) is 0.596. The number of rotatable bonds is 1. The van der Waals surface area contributed by atoms with Crippen molar-refractivity contribution in [2.45, 2.75) is 55.4 Å². The summed E-state index contributed by atoms with van der Waals surface area (Å²) in [6.45, 7) is 16.0. The van der Waals surface area contributed by atoms with E-state index in [0.29, 0.717) is 0 Å². The van der Waals surface area contributed by atoms with E-state index in [2.05, 4.69) is 25.4 Å². The van der Waals surface area contributed by atoms with E-state index in [0.717, 1.165) is 28.3 Å². The number of hydrogen-bond donors (Lipinski definition) is 0. The van der Waals surface area contributed by atoms with Gasteiger partial charge in [0.25, 0.3) is 0 Å². The molecule has 3 heterocycles. The number of aryl methyl sites for hydroxylation is 2. The molecule has 3 rings (SSSR count). The Kier molecular flexibility index (Phi) is 10.3. The van der Waals surface area contributed by atoms with E-state index < -0.39 is 0 Å². The molecule has 0 N–H and O–H groups in total. The highest BCUT2D eigenvalue weighted by Crippen LogP contribution is 2.24. The van der Waals surface area contributed by atoms with Crippen molar-refractivity contribution in [1.29, 1.82) is 0 Å². The van der Waals surface area contributed by atoms with Crippen molar-refractivity contribution in [1.82, 2.24) is 19.4 Å². The minimum absolute atomic E-state index is 0.870. The van der Waals surface area contributed by atoms with Gasteiger partial charge in [0.15, 0.2) is 5.65 Å². The third-order valence-corrected chi connectivity index (χ3v) is 2.77. The zero-order chi connectivity index (χ0) is 17.8. The van der Waals surface area contributed by atoms with E-state index in [9.17, 15) is 0 Å². The lowest BCUT2D eigenvalue weighted by atomic mass is 10.1. The summed E-state index contributed by atoms with van der Waals surface area (Å²) in [6, 6.07) is 4.07. The number of imidazole rings is 1. The molecule has 0 spiro atoms. The monoisotopic (exact) mass is 314 g/mol. The lowest BCUT2D eigenvalue weighted by Crippen LogP contribution is -1.91. The van der Waals surface area contributed by atoms with E-state index in [1.54, 1.807) is 12.4 Å². The smallest absolute Gasteiger partial charge is 0.156 e. The Balaban J connectivity index is 0.000000728. The standard InChI is InChI=1S/C13H12N4.3C2H6/c1-9-7-11(3-4-15-9)13-10(2)16-12-8-14-5-6-17(12)13;3*1-2/h3-8H,1-2H3;3*1-2H3. The molecule has 4 nitrogen and oxygen atoms in total. The summed E-state index contributed by atoms with van der Waals surface area (Å²) in [6.07, 6.45) is 7.29. The predicted molar refractivity (Wildman–Crippen MR) is 99.7 cm³/mol. The van der Waals surface area contributed by atoms with Crippen molar-refractivity contribution in [3.8, 4) is 11.3 Å². The van der Waals surface area contributed by atoms with Gasteiger partial charge in [0.1, 0.15) is 0 Å². The third kappa shape index (κ3) is 5.16. The van der Waals surface area contributed by atoms with Gasteiger partial charge >= 0.3 is 0 Å². The molecule has 0 bridgehead atoms. The predicted octanol–water partition coefficient (Wildman–Crippen LogP) is 5.49. The third-order valence-electron chi connectivity index (χ3n) is 2.77. The molecule has 0 unspecified atom stereocenters. The normalized spacial score (nSPS) is 8.87. The summed E-state index contributed by atoms with van der Waals surface area (Å²) in [7, 11) is 0. The van der Waals surface area contributed by atoms with Gasteiger partial charge in [-0.25, -0.2) is 4.98 Å². The van der Waals surface area contributed by atoms with Crippen LogP contribution in [-0.4, -0.2) is 19.4 Å². The average Bonchev–Trinajstić information content (AvgIpc) is 2.96. The van der Waals surface area contributed by atoms with Gasteiger partial charge < -0.3 is 0 Å². The van der Waals surface area contributed by atoms with Crippen LogP contribution in [0.4, 0.5) is 0 Å². The molecule has 0 amide bonds. The number of pyridine rings is 1. The summed E-state index contributed by atoms with van der Waals surface area (Å²) in [4.78, 5) is 12.8. The van der Waals surface area contributed by atoms with Crippen LogP contribution in [0.1, 0.15) is 52.9 Å². The molecule has 0 fully saturated rings. The first-order chi connectivity index (χ1) is 11.3. The molecule has 0 aliphatic rings. The summed E-state index contributed by atoms with van der Waals surface area (Å²) in [5.74, 6) is 0. The Labute approximate surface area is 140 Å². The van der Waals surface area contributed by atoms with E-state index in [4.69, 9.17) is 0 Å². The number of aromatic nitrogens is 4. The highest BCUT2D eigenvalue weighted by atomic mass is 15.0. The molecule has 0 saturated carbocycles. The Hall–Kier alpha value is -2.23. The molecule has 0 saturated heterocycles. The fourth-order valence-corrected chi connectivity index (χ4v) is 2.07. The SMILES string of the molecule is CC.CC.CC.Cc1cc(-c2c(C)nc3cnccn23)ccn1. The summed E-state index contributed by atoms with van der Waals surface area (Å²) >= 11 is 0. The van der Waals surface area contributed by atoms with Gasteiger partial charge in [0.05, 0.1) is 17.6 Å². The maximum Gasteiger partial charge on any atom is 0.156 e. The molecule has 23 heavy (non-hydrogen) atoms. The molecular formula is C19H30N4. The summed E-state index contributed by atoms with van der Waals surface area (Å²) < 4.78 is 2.05. The van der Waals surface area contributed by atoms with Crippen molar-refractivity contribution >= 4 is 5.65 Å². The summed E-state index contributed by atoms with van der Waals surface area (Å²) in [5, 5.41) is 0. The van der Waals surface area contributed by atoms with E-state index in [-0.39, 0.29) is 0 Å². The topological polar surface area (TPSA) is 43.1 Å². The molecule has 0 aliphatic heterocycles. The molecule has 3 aromatic rings. The zero-order valence-corrected chi connectivity index (χ0v) is 15.8. The molecule has 0 aromatic carbocycles. The average molecular weight is 314 g/mol. The fourth-order valence-electron chi connectivity index (χ4n) is 2.07. The number of nitrogens with zero attached hydrogens (tertiary/aromatic N) is 4.